The van der Waals surface area contributed by atoms with Crippen LogP contribution >= 0.6 is 11.6 Å². The van der Waals surface area contributed by atoms with Crippen LogP contribution in [0.3, 0.4) is 0 Å². The summed E-state index contributed by atoms with van der Waals surface area (Å²) in [6, 6.07) is 3.87. The van der Waals surface area contributed by atoms with Gasteiger partial charge in [-0.2, -0.15) is 0 Å². The van der Waals surface area contributed by atoms with Crippen LogP contribution in [0.4, 0.5) is 5.82 Å². The normalized spacial score (nSPS) is 10.8. The second-order valence-electron chi connectivity index (χ2n) is 6.16. The van der Waals surface area contributed by atoms with Crippen LogP contribution in [0.15, 0.2) is 24.5 Å². The van der Waals surface area contributed by atoms with Crippen molar-refractivity contribution in [1.29, 1.82) is 0 Å². The average Bonchev–Trinajstić information content (AvgIpc) is 2.54. The van der Waals surface area contributed by atoms with Crippen LogP contribution in [0.25, 0.3) is 0 Å². The number of pyridine rings is 1. The van der Waals surface area contributed by atoms with E-state index in [1.54, 1.807) is 18.1 Å². The zero-order valence-electron chi connectivity index (χ0n) is 14.6. The lowest BCUT2D eigenvalue weighted by atomic mass is 10.2. The summed E-state index contributed by atoms with van der Waals surface area (Å²) in [5, 5.41) is 0.261. The third kappa shape index (κ3) is 4.20. The zero-order valence-corrected chi connectivity index (χ0v) is 15.4. The highest BCUT2D eigenvalue weighted by atomic mass is 35.5. The fourth-order valence-corrected chi connectivity index (χ4v) is 2.28. The molecular formula is C17H22ClN5O. The monoisotopic (exact) mass is 347 g/mol. The van der Waals surface area contributed by atoms with Gasteiger partial charge in [0.1, 0.15) is 11.6 Å². The molecule has 2 aromatic rings. The molecule has 0 fully saturated rings. The molecule has 128 valence electrons. The van der Waals surface area contributed by atoms with Gasteiger partial charge in [-0.05, 0) is 11.6 Å². The van der Waals surface area contributed by atoms with Gasteiger partial charge in [0, 0.05) is 39.8 Å². The minimum absolute atomic E-state index is 0.127. The van der Waals surface area contributed by atoms with E-state index in [1.165, 1.54) is 6.20 Å². The molecule has 0 bridgehead atoms. The van der Waals surface area contributed by atoms with E-state index in [1.807, 2.05) is 45.0 Å². The highest BCUT2D eigenvalue weighted by Crippen LogP contribution is 2.18. The lowest BCUT2D eigenvalue weighted by molar-refractivity contribution is 0.0779. The quantitative estimate of drug-likeness (QED) is 0.832. The Labute approximate surface area is 147 Å². The Hall–Kier alpha value is -2.21. The van der Waals surface area contributed by atoms with Crippen LogP contribution in [0.5, 0.6) is 0 Å². The van der Waals surface area contributed by atoms with E-state index >= 15 is 0 Å². The molecule has 0 atom stereocenters. The fraction of sp³-hybridized carbons (Fsp3) is 0.412. The van der Waals surface area contributed by atoms with Crippen molar-refractivity contribution in [1.82, 2.24) is 19.9 Å². The summed E-state index contributed by atoms with van der Waals surface area (Å²) in [6.07, 6.45) is 3.25. The fourth-order valence-electron chi connectivity index (χ4n) is 2.11. The molecule has 0 aliphatic carbocycles. The Morgan fingerprint density at radius 3 is 2.42 bits per heavy atom. The van der Waals surface area contributed by atoms with E-state index in [0.29, 0.717) is 12.4 Å². The van der Waals surface area contributed by atoms with Crippen LogP contribution in [0, 0.1) is 0 Å². The molecule has 0 spiro atoms. The maximum Gasteiger partial charge on any atom is 0.274 e. The third-order valence-corrected chi connectivity index (χ3v) is 3.79. The van der Waals surface area contributed by atoms with Crippen molar-refractivity contribution in [3.63, 3.8) is 0 Å². The number of rotatable bonds is 5. The molecule has 0 saturated carbocycles. The van der Waals surface area contributed by atoms with Gasteiger partial charge in [0.25, 0.3) is 5.91 Å². The van der Waals surface area contributed by atoms with Crippen molar-refractivity contribution >= 4 is 23.3 Å². The van der Waals surface area contributed by atoms with Crippen molar-refractivity contribution in [3.05, 3.63) is 46.6 Å². The SMILES string of the molecule is CC(C)c1ncc(Cl)c(C(=O)N(C)Cc2ccc(N(C)C)nc2)n1. The first-order valence-electron chi connectivity index (χ1n) is 7.69. The topological polar surface area (TPSA) is 62.2 Å². The molecule has 24 heavy (non-hydrogen) atoms. The number of carbonyl (C=O) groups is 1. The predicted octanol–water partition coefficient (Wildman–Crippen LogP) is 2.99. The molecular weight excluding hydrogens is 326 g/mol. The van der Waals surface area contributed by atoms with Gasteiger partial charge in [-0.1, -0.05) is 31.5 Å². The predicted molar refractivity (Wildman–Crippen MR) is 95.5 cm³/mol. The molecule has 2 rings (SSSR count). The summed E-state index contributed by atoms with van der Waals surface area (Å²) in [5.41, 5.74) is 1.17. The van der Waals surface area contributed by atoms with Crippen LogP contribution < -0.4 is 4.90 Å². The number of amides is 1. The first-order valence-corrected chi connectivity index (χ1v) is 8.07. The van der Waals surface area contributed by atoms with Crippen LogP contribution in [0.1, 0.15) is 41.6 Å². The summed E-state index contributed by atoms with van der Waals surface area (Å²) in [5.74, 6) is 1.36. The van der Waals surface area contributed by atoms with E-state index in [4.69, 9.17) is 11.6 Å². The number of nitrogens with zero attached hydrogens (tertiary/aromatic N) is 5. The van der Waals surface area contributed by atoms with E-state index in [-0.39, 0.29) is 22.5 Å². The third-order valence-electron chi connectivity index (χ3n) is 3.52. The standard InChI is InChI=1S/C17H22ClN5O/c1-11(2)16-20-9-13(18)15(21-16)17(24)23(5)10-12-6-7-14(19-8-12)22(3)4/h6-9,11H,10H2,1-5H3. The van der Waals surface area contributed by atoms with Crippen molar-refractivity contribution in [2.24, 2.45) is 0 Å². The Kier molecular flexibility index (Phi) is 5.72. The van der Waals surface area contributed by atoms with E-state index in [2.05, 4.69) is 15.0 Å². The average molecular weight is 348 g/mol. The highest BCUT2D eigenvalue weighted by Gasteiger charge is 2.19. The molecule has 0 unspecified atom stereocenters. The van der Waals surface area contributed by atoms with Gasteiger partial charge in [-0.25, -0.2) is 15.0 Å². The smallest absolute Gasteiger partial charge is 0.274 e. The number of anilines is 1. The largest absolute Gasteiger partial charge is 0.363 e. The van der Waals surface area contributed by atoms with E-state index in [0.717, 1.165) is 11.4 Å². The van der Waals surface area contributed by atoms with Crippen molar-refractivity contribution < 1.29 is 4.79 Å². The number of hydrogen-bond acceptors (Lipinski definition) is 5. The summed E-state index contributed by atoms with van der Waals surface area (Å²) in [7, 11) is 5.58. The number of halogens is 1. The molecule has 7 heteroatoms. The maximum atomic E-state index is 12.6. The molecule has 2 aromatic heterocycles. The molecule has 6 nitrogen and oxygen atoms in total. The summed E-state index contributed by atoms with van der Waals surface area (Å²) in [4.78, 5) is 29.0. The Morgan fingerprint density at radius 2 is 1.88 bits per heavy atom. The number of carbonyl (C=O) groups excluding carboxylic acids is 1. The highest BCUT2D eigenvalue weighted by molar-refractivity contribution is 6.33. The van der Waals surface area contributed by atoms with Gasteiger partial charge >= 0.3 is 0 Å². The van der Waals surface area contributed by atoms with Gasteiger partial charge in [0.2, 0.25) is 0 Å². The summed E-state index contributed by atoms with van der Waals surface area (Å²) >= 11 is 6.11. The van der Waals surface area contributed by atoms with E-state index < -0.39 is 0 Å². The zero-order chi connectivity index (χ0) is 17.9. The molecule has 2 heterocycles. The molecule has 0 N–H and O–H groups in total. The Morgan fingerprint density at radius 1 is 1.17 bits per heavy atom. The summed E-state index contributed by atoms with van der Waals surface area (Å²) < 4.78 is 0. The first-order chi connectivity index (χ1) is 11.3. The van der Waals surface area contributed by atoms with Gasteiger partial charge in [-0.3, -0.25) is 4.79 Å². The molecule has 0 aliphatic heterocycles. The van der Waals surface area contributed by atoms with Crippen molar-refractivity contribution in [2.45, 2.75) is 26.3 Å². The molecule has 0 radical (unpaired) electrons. The summed E-state index contributed by atoms with van der Waals surface area (Å²) in [6.45, 7) is 4.37. The van der Waals surface area contributed by atoms with Crippen molar-refractivity contribution in [2.75, 3.05) is 26.0 Å². The number of aromatic nitrogens is 3. The Bertz CT molecular complexity index is 715. The second-order valence-corrected chi connectivity index (χ2v) is 6.57. The second kappa shape index (κ2) is 7.57. The van der Waals surface area contributed by atoms with Crippen LogP contribution in [-0.4, -0.2) is 46.9 Å². The lowest BCUT2D eigenvalue weighted by Gasteiger charge is -2.18. The van der Waals surface area contributed by atoms with Crippen LogP contribution in [-0.2, 0) is 6.54 Å². The molecule has 0 saturated heterocycles. The lowest BCUT2D eigenvalue weighted by Crippen LogP contribution is -2.28. The van der Waals surface area contributed by atoms with Crippen LogP contribution in [0.2, 0.25) is 5.02 Å². The van der Waals surface area contributed by atoms with Crippen molar-refractivity contribution in [3.8, 4) is 0 Å². The van der Waals surface area contributed by atoms with E-state index in [9.17, 15) is 4.79 Å². The molecule has 0 aromatic carbocycles. The minimum atomic E-state index is -0.235. The number of hydrogen-bond donors (Lipinski definition) is 0. The van der Waals surface area contributed by atoms with Gasteiger partial charge in [0.15, 0.2) is 5.69 Å². The first kappa shape index (κ1) is 18.1. The maximum absolute atomic E-state index is 12.6. The molecule has 0 aliphatic rings. The van der Waals surface area contributed by atoms with Gasteiger partial charge in [0.05, 0.1) is 11.2 Å². The molecule has 1 amide bonds. The minimum Gasteiger partial charge on any atom is -0.363 e. The van der Waals surface area contributed by atoms with Gasteiger partial charge in [-0.15, -0.1) is 0 Å². The Balaban J connectivity index is 2.16. The van der Waals surface area contributed by atoms with Gasteiger partial charge < -0.3 is 9.80 Å².